The minimum atomic E-state index is -0.824. The van der Waals surface area contributed by atoms with Gasteiger partial charge in [0.25, 0.3) is 0 Å². The average molecular weight is 226 g/mol. The topological polar surface area (TPSA) is 61.8 Å². The summed E-state index contributed by atoms with van der Waals surface area (Å²) in [6.45, 7) is 4.77. The molecule has 0 spiro atoms. The average Bonchev–Trinajstić information content (AvgIpc) is 2.47. The zero-order valence-electron chi connectivity index (χ0n) is 9.43. The highest BCUT2D eigenvalue weighted by atomic mass is 16.8. The summed E-state index contributed by atoms with van der Waals surface area (Å²) >= 11 is 0. The standard InChI is InChI=1S/C11H14O5/c1-6(12)14-8-5-4-7(13)9-10(8)16-11(2,3)15-9/h4-5,8-10H,1-3H3/t8-,9-,10+/m0/s1. The van der Waals surface area contributed by atoms with E-state index in [1.54, 1.807) is 13.8 Å². The van der Waals surface area contributed by atoms with Gasteiger partial charge in [-0.1, -0.05) is 0 Å². The van der Waals surface area contributed by atoms with Gasteiger partial charge in [-0.15, -0.1) is 0 Å². The van der Waals surface area contributed by atoms with Crippen molar-refractivity contribution in [2.24, 2.45) is 0 Å². The highest BCUT2D eigenvalue weighted by molar-refractivity contribution is 5.95. The van der Waals surface area contributed by atoms with Crippen molar-refractivity contribution in [3.8, 4) is 0 Å². The molecule has 5 nitrogen and oxygen atoms in total. The summed E-state index contributed by atoms with van der Waals surface area (Å²) < 4.78 is 16.1. The molecule has 0 unspecified atom stereocenters. The number of carbonyl (C=O) groups is 2. The van der Waals surface area contributed by atoms with E-state index in [0.29, 0.717) is 0 Å². The first-order chi connectivity index (χ1) is 7.39. The molecule has 16 heavy (non-hydrogen) atoms. The second-order valence-electron chi connectivity index (χ2n) is 4.36. The van der Waals surface area contributed by atoms with Crippen LogP contribution in [0, 0.1) is 0 Å². The molecule has 0 bridgehead atoms. The number of esters is 1. The maximum Gasteiger partial charge on any atom is 0.303 e. The van der Waals surface area contributed by atoms with E-state index >= 15 is 0 Å². The van der Waals surface area contributed by atoms with E-state index < -0.39 is 30.1 Å². The summed E-state index contributed by atoms with van der Waals surface area (Å²) in [5, 5.41) is 0. The Morgan fingerprint density at radius 1 is 1.44 bits per heavy atom. The first-order valence-electron chi connectivity index (χ1n) is 5.14. The second kappa shape index (κ2) is 3.68. The molecular weight excluding hydrogens is 212 g/mol. The highest BCUT2D eigenvalue weighted by Gasteiger charge is 2.50. The van der Waals surface area contributed by atoms with E-state index in [0.717, 1.165) is 0 Å². The fourth-order valence-electron chi connectivity index (χ4n) is 1.94. The van der Waals surface area contributed by atoms with Crippen LogP contribution in [0.4, 0.5) is 0 Å². The largest absolute Gasteiger partial charge is 0.455 e. The molecule has 1 aliphatic carbocycles. The molecule has 1 saturated heterocycles. The Hall–Kier alpha value is -1.20. The molecule has 0 aromatic heterocycles. The lowest BCUT2D eigenvalue weighted by atomic mass is 9.98. The molecule has 1 aliphatic heterocycles. The molecule has 3 atom stereocenters. The molecular formula is C11H14O5. The fraction of sp³-hybridized carbons (Fsp3) is 0.636. The SMILES string of the molecule is CC(=O)O[C@H]1C=CC(=O)[C@@H]2OC(C)(C)O[C@H]12. The van der Waals surface area contributed by atoms with E-state index in [-0.39, 0.29) is 5.78 Å². The van der Waals surface area contributed by atoms with Crippen molar-refractivity contribution < 1.29 is 23.8 Å². The molecule has 2 rings (SSSR count). The van der Waals surface area contributed by atoms with Crippen molar-refractivity contribution in [1.82, 2.24) is 0 Å². The Balaban J connectivity index is 2.20. The van der Waals surface area contributed by atoms with Gasteiger partial charge in [0.15, 0.2) is 17.7 Å². The summed E-state index contributed by atoms with van der Waals surface area (Å²) in [5.74, 6) is -1.38. The summed E-state index contributed by atoms with van der Waals surface area (Å²) in [6.07, 6.45) is 1.14. The van der Waals surface area contributed by atoms with Crippen LogP contribution in [-0.2, 0) is 23.8 Å². The Morgan fingerprint density at radius 3 is 2.75 bits per heavy atom. The number of hydrogen-bond donors (Lipinski definition) is 0. The predicted molar refractivity (Wildman–Crippen MR) is 53.5 cm³/mol. The van der Waals surface area contributed by atoms with Crippen LogP contribution in [0.25, 0.3) is 0 Å². The van der Waals surface area contributed by atoms with Crippen LogP contribution in [-0.4, -0.2) is 35.9 Å². The Labute approximate surface area is 93.4 Å². The molecule has 0 N–H and O–H groups in total. The lowest BCUT2D eigenvalue weighted by Gasteiger charge is -2.25. The quantitative estimate of drug-likeness (QED) is 0.612. The Morgan fingerprint density at radius 2 is 2.12 bits per heavy atom. The van der Waals surface area contributed by atoms with E-state index in [1.807, 2.05) is 0 Å². The van der Waals surface area contributed by atoms with Crippen molar-refractivity contribution >= 4 is 11.8 Å². The predicted octanol–water partition coefficient (Wildman–Crippen LogP) is 0.577. The number of hydrogen-bond acceptors (Lipinski definition) is 5. The molecule has 0 aromatic carbocycles. The van der Waals surface area contributed by atoms with Crippen LogP contribution in [0.5, 0.6) is 0 Å². The third kappa shape index (κ3) is 2.01. The first kappa shape index (κ1) is 11.3. The molecule has 0 saturated carbocycles. The molecule has 1 heterocycles. The molecule has 0 amide bonds. The summed E-state index contributed by atoms with van der Waals surface area (Å²) in [7, 11) is 0. The van der Waals surface area contributed by atoms with Crippen molar-refractivity contribution in [1.29, 1.82) is 0 Å². The summed E-state index contributed by atoms with van der Waals surface area (Å²) in [5.41, 5.74) is 0. The van der Waals surface area contributed by atoms with Gasteiger partial charge in [-0.3, -0.25) is 9.59 Å². The lowest BCUT2D eigenvalue weighted by Crippen LogP contribution is -2.43. The summed E-state index contributed by atoms with van der Waals surface area (Å²) in [4.78, 5) is 22.5. The third-order valence-corrected chi connectivity index (χ3v) is 2.49. The number of ether oxygens (including phenoxy) is 3. The van der Waals surface area contributed by atoms with Crippen molar-refractivity contribution in [3.63, 3.8) is 0 Å². The normalized spacial score (nSPS) is 35.9. The van der Waals surface area contributed by atoms with Crippen LogP contribution < -0.4 is 0 Å². The number of ketones is 1. The van der Waals surface area contributed by atoms with Gasteiger partial charge >= 0.3 is 5.97 Å². The summed E-state index contributed by atoms with van der Waals surface area (Å²) in [6, 6.07) is 0. The smallest absolute Gasteiger partial charge is 0.303 e. The van der Waals surface area contributed by atoms with Gasteiger partial charge in [0.1, 0.15) is 12.2 Å². The van der Waals surface area contributed by atoms with E-state index in [2.05, 4.69) is 0 Å². The number of carbonyl (C=O) groups excluding carboxylic acids is 2. The zero-order chi connectivity index (χ0) is 11.9. The first-order valence-corrected chi connectivity index (χ1v) is 5.14. The molecule has 1 fully saturated rings. The van der Waals surface area contributed by atoms with Crippen LogP contribution >= 0.6 is 0 Å². The van der Waals surface area contributed by atoms with Gasteiger partial charge < -0.3 is 14.2 Å². The van der Waals surface area contributed by atoms with Crippen LogP contribution in [0.3, 0.4) is 0 Å². The molecule has 0 radical (unpaired) electrons. The molecule has 5 heteroatoms. The van der Waals surface area contributed by atoms with E-state index in [1.165, 1.54) is 19.1 Å². The maximum absolute atomic E-state index is 11.6. The van der Waals surface area contributed by atoms with Crippen molar-refractivity contribution in [3.05, 3.63) is 12.2 Å². The molecule has 88 valence electrons. The van der Waals surface area contributed by atoms with Crippen molar-refractivity contribution in [2.75, 3.05) is 0 Å². The third-order valence-electron chi connectivity index (χ3n) is 2.49. The van der Waals surface area contributed by atoms with Crippen LogP contribution in [0.15, 0.2) is 12.2 Å². The second-order valence-corrected chi connectivity index (χ2v) is 4.36. The maximum atomic E-state index is 11.6. The minimum absolute atomic E-state index is 0.154. The fourth-order valence-corrected chi connectivity index (χ4v) is 1.94. The minimum Gasteiger partial charge on any atom is -0.455 e. The van der Waals surface area contributed by atoms with Gasteiger partial charge in [-0.2, -0.15) is 0 Å². The lowest BCUT2D eigenvalue weighted by molar-refractivity contribution is -0.165. The molecule has 2 aliphatic rings. The monoisotopic (exact) mass is 226 g/mol. The van der Waals surface area contributed by atoms with Gasteiger partial charge in [0.05, 0.1) is 0 Å². The van der Waals surface area contributed by atoms with Crippen molar-refractivity contribution in [2.45, 2.75) is 44.9 Å². The van der Waals surface area contributed by atoms with Crippen LogP contribution in [0.2, 0.25) is 0 Å². The van der Waals surface area contributed by atoms with Gasteiger partial charge in [-0.25, -0.2) is 0 Å². The van der Waals surface area contributed by atoms with Gasteiger partial charge in [0, 0.05) is 6.92 Å². The number of rotatable bonds is 1. The Kier molecular flexibility index (Phi) is 2.59. The molecule has 0 aromatic rings. The van der Waals surface area contributed by atoms with E-state index in [9.17, 15) is 9.59 Å². The van der Waals surface area contributed by atoms with E-state index in [4.69, 9.17) is 14.2 Å². The number of fused-ring (bicyclic) bond motifs is 1. The zero-order valence-corrected chi connectivity index (χ0v) is 9.43. The van der Waals surface area contributed by atoms with Gasteiger partial charge in [-0.05, 0) is 26.0 Å². The van der Waals surface area contributed by atoms with Crippen LogP contribution in [0.1, 0.15) is 20.8 Å². The highest BCUT2D eigenvalue weighted by Crippen LogP contribution is 2.34. The van der Waals surface area contributed by atoms with Gasteiger partial charge in [0.2, 0.25) is 0 Å². The Bertz CT molecular complexity index is 357.